The minimum absolute atomic E-state index is 0.150. The fraction of sp³-hybridized carbons (Fsp3) is 0.389. The lowest BCUT2D eigenvalue weighted by molar-refractivity contribution is -0.0405. The quantitative estimate of drug-likeness (QED) is 0.708. The average molecular weight is 338 g/mol. The molecule has 130 valence electrons. The van der Waals surface area contributed by atoms with Gasteiger partial charge in [-0.1, -0.05) is 23.4 Å². The summed E-state index contributed by atoms with van der Waals surface area (Å²) in [7, 11) is 0. The number of nitrogens with zero attached hydrogens (tertiary/aromatic N) is 6. The summed E-state index contributed by atoms with van der Waals surface area (Å²) in [6, 6.07) is 10.0. The van der Waals surface area contributed by atoms with Crippen molar-refractivity contribution in [2.45, 2.75) is 26.1 Å². The summed E-state index contributed by atoms with van der Waals surface area (Å²) in [6.45, 7) is 6.13. The molecular formula is C18H22N6O. The summed E-state index contributed by atoms with van der Waals surface area (Å²) in [4.78, 5) is 2.36. The topological polar surface area (TPSA) is 61.0 Å². The second-order valence-electron chi connectivity index (χ2n) is 6.46. The highest BCUT2D eigenvalue weighted by molar-refractivity contribution is 5.29. The Morgan fingerprint density at radius 1 is 1.20 bits per heavy atom. The number of hydrogen-bond acceptors (Lipinski definition) is 5. The van der Waals surface area contributed by atoms with E-state index in [1.54, 1.807) is 0 Å². The van der Waals surface area contributed by atoms with Crippen molar-refractivity contribution in [2.24, 2.45) is 0 Å². The number of para-hydroxylation sites is 1. The van der Waals surface area contributed by atoms with Crippen molar-refractivity contribution in [1.29, 1.82) is 0 Å². The smallest absolute Gasteiger partial charge is 0.0971 e. The van der Waals surface area contributed by atoms with Crippen molar-refractivity contribution in [1.82, 2.24) is 29.7 Å². The molecule has 4 rings (SSSR count). The van der Waals surface area contributed by atoms with Crippen molar-refractivity contribution in [3.05, 3.63) is 60.2 Å². The zero-order valence-corrected chi connectivity index (χ0v) is 14.3. The van der Waals surface area contributed by atoms with Crippen LogP contribution in [-0.2, 0) is 17.8 Å². The van der Waals surface area contributed by atoms with Gasteiger partial charge >= 0.3 is 0 Å². The maximum absolute atomic E-state index is 5.89. The molecule has 7 heteroatoms. The van der Waals surface area contributed by atoms with E-state index < -0.39 is 0 Å². The van der Waals surface area contributed by atoms with Crippen LogP contribution < -0.4 is 0 Å². The normalized spacial score (nSPS) is 18.5. The van der Waals surface area contributed by atoms with E-state index >= 15 is 0 Å². The lowest BCUT2D eigenvalue weighted by Gasteiger charge is -2.32. The number of rotatable bonds is 5. The minimum atomic E-state index is 0.150. The van der Waals surface area contributed by atoms with Gasteiger partial charge in [0.2, 0.25) is 0 Å². The van der Waals surface area contributed by atoms with E-state index in [-0.39, 0.29) is 6.10 Å². The molecule has 3 heterocycles. The molecule has 25 heavy (non-hydrogen) atoms. The zero-order chi connectivity index (χ0) is 17.1. The predicted octanol–water partition coefficient (Wildman–Crippen LogP) is 1.67. The van der Waals surface area contributed by atoms with E-state index in [0.717, 1.165) is 44.2 Å². The van der Waals surface area contributed by atoms with Crippen LogP contribution in [-0.4, -0.2) is 55.5 Å². The first-order valence-corrected chi connectivity index (χ1v) is 8.56. The predicted molar refractivity (Wildman–Crippen MR) is 93.3 cm³/mol. The van der Waals surface area contributed by atoms with Crippen molar-refractivity contribution in [2.75, 3.05) is 19.7 Å². The van der Waals surface area contributed by atoms with Crippen molar-refractivity contribution >= 4 is 0 Å². The molecule has 1 aliphatic heterocycles. The SMILES string of the molecule is Cc1cnn(C[C@@H]2CN(Cc3cn(-c4ccccc4)nn3)CCO2)c1. The zero-order valence-electron chi connectivity index (χ0n) is 14.3. The summed E-state index contributed by atoms with van der Waals surface area (Å²) < 4.78 is 9.66. The molecule has 1 fully saturated rings. The van der Waals surface area contributed by atoms with Crippen LogP contribution in [0.25, 0.3) is 5.69 Å². The second kappa shape index (κ2) is 7.16. The molecule has 0 bridgehead atoms. The van der Waals surface area contributed by atoms with E-state index in [4.69, 9.17) is 4.74 Å². The van der Waals surface area contributed by atoms with Gasteiger partial charge in [0.15, 0.2) is 0 Å². The third-order valence-corrected chi connectivity index (χ3v) is 4.32. The first kappa shape index (κ1) is 16.0. The first-order valence-electron chi connectivity index (χ1n) is 8.56. The van der Waals surface area contributed by atoms with Gasteiger partial charge in [-0.3, -0.25) is 9.58 Å². The number of benzene rings is 1. The number of hydrogen-bond donors (Lipinski definition) is 0. The third kappa shape index (κ3) is 3.94. The molecule has 0 radical (unpaired) electrons. The highest BCUT2D eigenvalue weighted by atomic mass is 16.5. The van der Waals surface area contributed by atoms with E-state index in [1.807, 2.05) is 65.2 Å². The van der Waals surface area contributed by atoms with Gasteiger partial charge in [-0.05, 0) is 24.6 Å². The van der Waals surface area contributed by atoms with Crippen LogP contribution in [0.15, 0.2) is 48.9 Å². The van der Waals surface area contributed by atoms with E-state index in [2.05, 4.69) is 20.3 Å². The Kier molecular flexibility index (Phi) is 4.58. The largest absolute Gasteiger partial charge is 0.374 e. The summed E-state index contributed by atoms with van der Waals surface area (Å²) in [5.41, 5.74) is 3.17. The minimum Gasteiger partial charge on any atom is -0.374 e. The Hall–Kier alpha value is -2.51. The van der Waals surface area contributed by atoms with Gasteiger partial charge in [0.05, 0.1) is 43.0 Å². The summed E-state index contributed by atoms with van der Waals surface area (Å²) in [5.74, 6) is 0. The molecule has 3 aromatic rings. The van der Waals surface area contributed by atoms with Gasteiger partial charge < -0.3 is 4.74 Å². The Balaban J connectivity index is 1.37. The van der Waals surface area contributed by atoms with E-state index in [9.17, 15) is 0 Å². The second-order valence-corrected chi connectivity index (χ2v) is 6.46. The lowest BCUT2D eigenvalue weighted by atomic mass is 10.2. The van der Waals surface area contributed by atoms with Crippen LogP contribution in [0, 0.1) is 6.92 Å². The molecular weight excluding hydrogens is 316 g/mol. The number of ether oxygens (including phenoxy) is 1. The molecule has 0 saturated carbocycles. The van der Waals surface area contributed by atoms with Crippen LogP contribution >= 0.6 is 0 Å². The Labute approximate surface area is 146 Å². The van der Waals surface area contributed by atoms with E-state index in [1.165, 1.54) is 5.56 Å². The molecule has 0 aliphatic carbocycles. The van der Waals surface area contributed by atoms with Crippen LogP contribution in [0.5, 0.6) is 0 Å². The fourth-order valence-electron chi connectivity index (χ4n) is 3.12. The molecule has 0 spiro atoms. The summed E-state index contributed by atoms with van der Waals surface area (Å²) in [5, 5.41) is 12.9. The molecule has 0 N–H and O–H groups in total. The van der Waals surface area contributed by atoms with Crippen molar-refractivity contribution in [3.8, 4) is 5.69 Å². The highest BCUT2D eigenvalue weighted by Crippen LogP contribution is 2.12. The molecule has 1 aromatic carbocycles. The molecule has 0 amide bonds. The highest BCUT2D eigenvalue weighted by Gasteiger charge is 2.22. The van der Waals surface area contributed by atoms with E-state index in [0.29, 0.717) is 0 Å². The van der Waals surface area contributed by atoms with Crippen LogP contribution in [0.1, 0.15) is 11.3 Å². The number of morpholine rings is 1. The van der Waals surface area contributed by atoms with Gasteiger partial charge in [-0.25, -0.2) is 4.68 Å². The Morgan fingerprint density at radius 2 is 2.08 bits per heavy atom. The van der Waals surface area contributed by atoms with Gasteiger partial charge in [0, 0.05) is 25.8 Å². The Morgan fingerprint density at radius 3 is 2.88 bits per heavy atom. The summed E-state index contributed by atoms with van der Waals surface area (Å²) in [6.07, 6.45) is 6.07. The van der Waals surface area contributed by atoms with Crippen LogP contribution in [0.2, 0.25) is 0 Å². The first-order chi connectivity index (χ1) is 12.3. The molecule has 2 aromatic heterocycles. The Bertz CT molecular complexity index is 812. The maximum Gasteiger partial charge on any atom is 0.0971 e. The third-order valence-electron chi connectivity index (χ3n) is 4.32. The molecule has 1 aliphatic rings. The van der Waals surface area contributed by atoms with Crippen molar-refractivity contribution < 1.29 is 4.74 Å². The standard InChI is InChI=1S/C18H22N6O/c1-15-9-19-23(10-15)14-18-13-22(7-8-25-18)11-16-12-24(21-20-16)17-5-3-2-4-6-17/h2-6,9-10,12,18H,7-8,11,13-14H2,1H3/t18-/m0/s1. The van der Waals surface area contributed by atoms with Crippen molar-refractivity contribution in [3.63, 3.8) is 0 Å². The van der Waals surface area contributed by atoms with Crippen LogP contribution in [0.3, 0.4) is 0 Å². The van der Waals surface area contributed by atoms with Crippen LogP contribution in [0.4, 0.5) is 0 Å². The molecule has 1 atom stereocenters. The molecule has 7 nitrogen and oxygen atoms in total. The summed E-state index contributed by atoms with van der Waals surface area (Å²) >= 11 is 0. The number of aryl methyl sites for hydroxylation is 1. The lowest BCUT2D eigenvalue weighted by Crippen LogP contribution is -2.43. The van der Waals surface area contributed by atoms with Gasteiger partial charge in [0.25, 0.3) is 0 Å². The monoisotopic (exact) mass is 338 g/mol. The molecule has 0 unspecified atom stereocenters. The maximum atomic E-state index is 5.89. The fourth-order valence-corrected chi connectivity index (χ4v) is 3.12. The van der Waals surface area contributed by atoms with Gasteiger partial charge in [0.1, 0.15) is 0 Å². The molecule has 1 saturated heterocycles. The average Bonchev–Trinajstić information content (AvgIpc) is 3.25. The van der Waals surface area contributed by atoms with Gasteiger partial charge in [-0.2, -0.15) is 5.10 Å². The van der Waals surface area contributed by atoms with Gasteiger partial charge in [-0.15, -0.1) is 5.10 Å². The number of aromatic nitrogens is 5.